The maximum Gasteiger partial charge on any atom is 0.253 e. The van der Waals surface area contributed by atoms with Gasteiger partial charge in [0.15, 0.2) is 5.78 Å². The minimum absolute atomic E-state index is 0.0562. The Bertz CT molecular complexity index is 902. The third kappa shape index (κ3) is 3.25. The summed E-state index contributed by atoms with van der Waals surface area (Å²) < 4.78 is 0. The Balaban J connectivity index is 1.37. The van der Waals surface area contributed by atoms with Gasteiger partial charge in [0.05, 0.1) is 17.0 Å². The first kappa shape index (κ1) is 18.7. The number of amides is 1. The number of ketones is 1. The van der Waals surface area contributed by atoms with Crippen LogP contribution in [0.15, 0.2) is 34.8 Å². The van der Waals surface area contributed by atoms with Crippen LogP contribution in [0.2, 0.25) is 0 Å². The fraction of sp³-hybridized carbons (Fsp3) is 0.542. The van der Waals surface area contributed by atoms with E-state index in [4.69, 9.17) is 10.7 Å². The number of Topliss-reactive ketones (excluding diaryl/α,β-unsaturated/α-hetero) is 1. The zero-order chi connectivity index (χ0) is 20.0. The second-order valence-corrected chi connectivity index (χ2v) is 9.03. The maximum atomic E-state index is 13.4. The topological polar surface area (TPSA) is 75.8 Å². The molecule has 1 aromatic rings. The van der Waals surface area contributed by atoms with Crippen LogP contribution in [-0.4, -0.2) is 41.4 Å². The highest BCUT2D eigenvalue weighted by Gasteiger charge is 2.43. The first-order valence-corrected chi connectivity index (χ1v) is 11.1. The third-order valence-corrected chi connectivity index (χ3v) is 7.44. The second kappa shape index (κ2) is 7.52. The molecular weight excluding hydrogens is 362 g/mol. The number of nitrogens with two attached hydrogens (primary N) is 1. The molecule has 152 valence electrons. The van der Waals surface area contributed by atoms with Gasteiger partial charge in [-0.05, 0) is 50.8 Å². The fourth-order valence-electron chi connectivity index (χ4n) is 5.93. The number of allylic oxidation sites excluding steroid dienone is 1. The van der Waals surface area contributed by atoms with Crippen LogP contribution in [-0.2, 0) is 9.59 Å². The van der Waals surface area contributed by atoms with Gasteiger partial charge in [0.25, 0.3) is 5.91 Å². The van der Waals surface area contributed by atoms with Gasteiger partial charge in [-0.25, -0.2) is 0 Å². The van der Waals surface area contributed by atoms with E-state index in [1.54, 1.807) is 0 Å². The zero-order valence-electron chi connectivity index (χ0n) is 16.9. The number of nitrogens with zero attached hydrogens (tertiary/aromatic N) is 2. The summed E-state index contributed by atoms with van der Waals surface area (Å²) >= 11 is 0. The van der Waals surface area contributed by atoms with Crippen molar-refractivity contribution in [3.05, 3.63) is 35.4 Å². The van der Waals surface area contributed by atoms with E-state index in [1.807, 2.05) is 24.3 Å². The van der Waals surface area contributed by atoms with Crippen molar-refractivity contribution < 1.29 is 9.59 Å². The lowest BCUT2D eigenvalue weighted by Crippen LogP contribution is -2.46. The molecule has 2 aliphatic heterocycles. The fourth-order valence-corrected chi connectivity index (χ4v) is 5.93. The highest BCUT2D eigenvalue weighted by molar-refractivity contribution is 6.43. The van der Waals surface area contributed by atoms with Crippen LogP contribution in [0.4, 0.5) is 5.69 Å². The number of likely N-dealkylation sites (tertiary alicyclic amines) is 1. The summed E-state index contributed by atoms with van der Waals surface area (Å²) in [6.07, 6.45) is 9.39. The number of hydrogen-bond donors (Lipinski definition) is 1. The highest BCUT2D eigenvalue weighted by atomic mass is 16.2. The molecule has 1 saturated carbocycles. The molecule has 5 heteroatoms. The molecule has 29 heavy (non-hydrogen) atoms. The SMILES string of the molecule is NC(=O)C1=C2C(=Nc3ccccc32)CC(C2CCN(C3CCCCC3)CC2)C1=O. The van der Waals surface area contributed by atoms with E-state index in [9.17, 15) is 9.59 Å². The van der Waals surface area contributed by atoms with E-state index >= 15 is 0 Å². The Morgan fingerprint density at radius 3 is 2.48 bits per heavy atom. The zero-order valence-corrected chi connectivity index (χ0v) is 16.9. The van der Waals surface area contributed by atoms with Crippen molar-refractivity contribution in [3.63, 3.8) is 0 Å². The molecule has 4 aliphatic rings. The van der Waals surface area contributed by atoms with Gasteiger partial charge in [-0.1, -0.05) is 37.5 Å². The lowest BCUT2D eigenvalue weighted by molar-refractivity contribution is -0.124. The van der Waals surface area contributed by atoms with Gasteiger partial charge in [0.1, 0.15) is 0 Å². The van der Waals surface area contributed by atoms with Gasteiger partial charge >= 0.3 is 0 Å². The van der Waals surface area contributed by atoms with E-state index in [0.717, 1.165) is 48.9 Å². The number of primary amides is 1. The predicted octanol–water partition coefficient (Wildman–Crippen LogP) is 3.65. The maximum absolute atomic E-state index is 13.4. The lowest BCUT2D eigenvalue weighted by Gasteiger charge is -2.41. The molecule has 2 N–H and O–H groups in total. The van der Waals surface area contributed by atoms with Crippen molar-refractivity contribution in [3.8, 4) is 0 Å². The number of carbonyl (C=O) groups is 2. The van der Waals surface area contributed by atoms with Gasteiger partial charge in [0.2, 0.25) is 0 Å². The Kier molecular flexibility index (Phi) is 4.86. The Labute approximate surface area is 172 Å². The third-order valence-electron chi connectivity index (χ3n) is 7.44. The molecule has 2 aliphatic carbocycles. The van der Waals surface area contributed by atoms with E-state index < -0.39 is 5.91 Å². The van der Waals surface area contributed by atoms with E-state index in [2.05, 4.69) is 4.90 Å². The standard InChI is InChI=1S/C24H29N3O2/c25-24(29)22-21-17-8-4-5-9-19(17)26-20(21)14-18(23(22)28)15-10-12-27(13-11-15)16-6-2-1-3-7-16/h4-5,8-9,15-16,18H,1-3,6-7,10-14H2,(H2,25,29). The predicted molar refractivity (Wildman–Crippen MR) is 114 cm³/mol. The Morgan fingerprint density at radius 1 is 1.03 bits per heavy atom. The molecule has 1 saturated heterocycles. The molecule has 0 radical (unpaired) electrons. The van der Waals surface area contributed by atoms with E-state index in [0.29, 0.717) is 17.9 Å². The van der Waals surface area contributed by atoms with Gasteiger partial charge in [-0.3, -0.25) is 14.6 Å². The number of rotatable bonds is 3. The molecule has 0 spiro atoms. The first-order chi connectivity index (χ1) is 14.1. The number of para-hydroxylation sites is 1. The summed E-state index contributed by atoms with van der Waals surface area (Å²) in [5.74, 6) is -0.523. The minimum Gasteiger partial charge on any atom is -0.365 e. The Hall–Kier alpha value is -2.27. The molecule has 2 heterocycles. The van der Waals surface area contributed by atoms with E-state index in [-0.39, 0.29) is 17.3 Å². The summed E-state index contributed by atoms with van der Waals surface area (Å²) in [5, 5.41) is 0. The molecule has 1 amide bonds. The summed E-state index contributed by atoms with van der Waals surface area (Å²) in [6, 6.07) is 8.45. The van der Waals surface area contributed by atoms with Crippen molar-refractivity contribution in [1.29, 1.82) is 0 Å². The summed E-state index contributed by atoms with van der Waals surface area (Å²) in [6.45, 7) is 2.13. The summed E-state index contributed by atoms with van der Waals surface area (Å²) in [7, 11) is 0. The van der Waals surface area contributed by atoms with Crippen LogP contribution >= 0.6 is 0 Å². The number of aliphatic imine (C=N–C) groups is 1. The molecule has 1 aromatic carbocycles. The largest absolute Gasteiger partial charge is 0.365 e. The van der Waals surface area contributed by atoms with Crippen molar-refractivity contribution in [2.45, 2.75) is 57.4 Å². The average Bonchev–Trinajstić information content (AvgIpc) is 3.12. The molecular formula is C24H29N3O2. The van der Waals surface area contributed by atoms with Crippen LogP contribution in [0.25, 0.3) is 5.57 Å². The van der Waals surface area contributed by atoms with E-state index in [1.165, 1.54) is 32.1 Å². The van der Waals surface area contributed by atoms with Crippen molar-refractivity contribution in [1.82, 2.24) is 4.90 Å². The molecule has 1 atom stereocenters. The molecule has 5 nitrogen and oxygen atoms in total. The number of hydrogen-bond acceptors (Lipinski definition) is 4. The van der Waals surface area contributed by atoms with Crippen LogP contribution < -0.4 is 5.73 Å². The molecule has 0 bridgehead atoms. The van der Waals surface area contributed by atoms with Gasteiger partial charge < -0.3 is 10.6 Å². The number of fused-ring (bicyclic) bond motifs is 3. The van der Waals surface area contributed by atoms with Crippen LogP contribution in [0, 0.1) is 11.8 Å². The average molecular weight is 392 g/mol. The molecule has 2 fully saturated rings. The smallest absolute Gasteiger partial charge is 0.253 e. The Morgan fingerprint density at radius 2 is 1.76 bits per heavy atom. The van der Waals surface area contributed by atoms with Crippen molar-refractivity contribution >= 4 is 28.7 Å². The first-order valence-electron chi connectivity index (χ1n) is 11.1. The van der Waals surface area contributed by atoms with Crippen molar-refractivity contribution in [2.24, 2.45) is 22.6 Å². The highest BCUT2D eigenvalue weighted by Crippen LogP contribution is 2.45. The quantitative estimate of drug-likeness (QED) is 0.799. The lowest BCUT2D eigenvalue weighted by atomic mass is 9.71. The molecule has 5 rings (SSSR count). The van der Waals surface area contributed by atoms with Crippen LogP contribution in [0.5, 0.6) is 0 Å². The van der Waals surface area contributed by atoms with Gasteiger partial charge in [-0.2, -0.15) is 0 Å². The summed E-state index contributed by atoms with van der Waals surface area (Å²) in [4.78, 5) is 33.1. The van der Waals surface area contributed by atoms with Gasteiger partial charge in [-0.15, -0.1) is 0 Å². The molecule has 1 unspecified atom stereocenters. The van der Waals surface area contributed by atoms with Gasteiger partial charge in [0, 0.05) is 29.5 Å². The molecule has 0 aromatic heterocycles. The minimum atomic E-state index is -0.612. The normalized spacial score (nSPS) is 26.3. The van der Waals surface area contributed by atoms with Crippen LogP contribution in [0.3, 0.4) is 0 Å². The van der Waals surface area contributed by atoms with Crippen molar-refractivity contribution in [2.75, 3.05) is 13.1 Å². The van der Waals surface area contributed by atoms with Crippen LogP contribution in [0.1, 0.15) is 56.9 Å². The second-order valence-electron chi connectivity index (χ2n) is 9.03. The monoisotopic (exact) mass is 391 g/mol. The number of carbonyl (C=O) groups excluding carboxylic acids is 2. The number of benzene rings is 1. The number of piperidine rings is 1. The summed E-state index contributed by atoms with van der Waals surface area (Å²) in [5.41, 5.74) is 9.16.